The summed E-state index contributed by atoms with van der Waals surface area (Å²) in [5, 5.41) is 16.2. The lowest BCUT2D eigenvalue weighted by molar-refractivity contribution is -0.384. The molecule has 2 amide bonds. The van der Waals surface area contributed by atoms with Gasteiger partial charge in [0, 0.05) is 29.1 Å². The van der Waals surface area contributed by atoms with Gasteiger partial charge in [0.15, 0.2) is 0 Å². The van der Waals surface area contributed by atoms with E-state index < -0.39 is 4.92 Å². The van der Waals surface area contributed by atoms with Crippen LogP contribution in [-0.4, -0.2) is 16.7 Å². The van der Waals surface area contributed by atoms with Gasteiger partial charge in [-0.15, -0.1) is 0 Å². The number of carbonyl (C=O) groups excluding carboxylic acids is 2. The zero-order valence-corrected chi connectivity index (χ0v) is 14.8. The van der Waals surface area contributed by atoms with Crippen LogP contribution in [0.4, 0.5) is 17.1 Å². The molecule has 0 aliphatic rings. The van der Waals surface area contributed by atoms with Crippen molar-refractivity contribution in [3.8, 4) is 0 Å². The first kappa shape index (κ1) is 18.8. The van der Waals surface area contributed by atoms with Crippen LogP contribution in [-0.2, 0) is 11.2 Å². The van der Waals surface area contributed by atoms with Gasteiger partial charge in [0.1, 0.15) is 0 Å². The first-order valence-electron chi connectivity index (χ1n) is 8.51. The molecule has 0 bridgehead atoms. The van der Waals surface area contributed by atoms with E-state index in [1.807, 2.05) is 30.3 Å². The Hall–Kier alpha value is -4.00. The average Bonchev–Trinajstić information content (AvgIpc) is 2.70. The molecule has 0 radical (unpaired) electrons. The molecular formula is C21H17N3O4. The first-order valence-corrected chi connectivity index (χ1v) is 8.51. The smallest absolute Gasteiger partial charge is 0.269 e. The highest BCUT2D eigenvalue weighted by Crippen LogP contribution is 2.17. The van der Waals surface area contributed by atoms with E-state index in [1.54, 1.807) is 24.3 Å². The molecule has 0 aliphatic heterocycles. The van der Waals surface area contributed by atoms with Gasteiger partial charge < -0.3 is 10.6 Å². The predicted molar refractivity (Wildman–Crippen MR) is 106 cm³/mol. The maximum atomic E-state index is 12.2. The Kier molecular flexibility index (Phi) is 5.76. The lowest BCUT2D eigenvalue weighted by Gasteiger charge is -2.08. The molecule has 7 nitrogen and oxygen atoms in total. The Bertz CT molecular complexity index is 984. The molecule has 3 rings (SSSR count). The number of anilines is 2. The molecule has 0 aromatic heterocycles. The highest BCUT2D eigenvalue weighted by atomic mass is 16.6. The van der Waals surface area contributed by atoms with E-state index >= 15 is 0 Å². The van der Waals surface area contributed by atoms with E-state index in [0.29, 0.717) is 16.9 Å². The average molecular weight is 375 g/mol. The topological polar surface area (TPSA) is 101 Å². The summed E-state index contributed by atoms with van der Waals surface area (Å²) in [5.41, 5.74) is 2.32. The number of nitro groups is 1. The minimum absolute atomic E-state index is 0.0767. The fourth-order valence-corrected chi connectivity index (χ4v) is 2.56. The normalized spacial score (nSPS) is 10.1. The summed E-state index contributed by atoms with van der Waals surface area (Å²) in [5.74, 6) is -0.510. The molecule has 3 aromatic carbocycles. The predicted octanol–water partition coefficient (Wildman–Crippen LogP) is 4.03. The Morgan fingerprint density at radius 3 is 1.93 bits per heavy atom. The molecule has 0 spiro atoms. The molecule has 3 aromatic rings. The summed E-state index contributed by atoms with van der Waals surface area (Å²) in [7, 11) is 0. The maximum Gasteiger partial charge on any atom is 0.269 e. The van der Waals surface area contributed by atoms with Gasteiger partial charge in [-0.05, 0) is 42.0 Å². The fraction of sp³-hybridized carbons (Fsp3) is 0.0476. The van der Waals surface area contributed by atoms with Crippen LogP contribution in [0.2, 0.25) is 0 Å². The third-order valence-electron chi connectivity index (χ3n) is 3.97. The Balaban J connectivity index is 1.57. The van der Waals surface area contributed by atoms with Gasteiger partial charge in [-0.2, -0.15) is 0 Å². The van der Waals surface area contributed by atoms with E-state index in [4.69, 9.17) is 0 Å². The summed E-state index contributed by atoms with van der Waals surface area (Å²) < 4.78 is 0. The zero-order valence-electron chi connectivity index (χ0n) is 14.8. The van der Waals surface area contributed by atoms with Crippen LogP contribution in [0.1, 0.15) is 15.9 Å². The highest BCUT2D eigenvalue weighted by Gasteiger charge is 2.10. The summed E-state index contributed by atoms with van der Waals surface area (Å²) in [6, 6.07) is 21.5. The number of nitro benzene ring substituents is 1. The van der Waals surface area contributed by atoms with Crippen LogP contribution in [0.15, 0.2) is 78.9 Å². The molecule has 0 saturated carbocycles. The van der Waals surface area contributed by atoms with E-state index in [9.17, 15) is 19.7 Å². The number of carbonyl (C=O) groups is 2. The molecule has 0 fully saturated rings. The largest absolute Gasteiger partial charge is 0.326 e. The van der Waals surface area contributed by atoms with Crippen LogP contribution in [0.3, 0.4) is 0 Å². The van der Waals surface area contributed by atoms with Crippen molar-refractivity contribution in [2.45, 2.75) is 6.42 Å². The lowest BCUT2D eigenvalue weighted by Crippen LogP contribution is -2.14. The molecule has 2 N–H and O–H groups in total. The SMILES string of the molecule is O=C(Cc1ccccc1)Nc1ccc(NC(=O)c2ccc([N+](=O)[O-])cc2)cc1. The van der Waals surface area contributed by atoms with Crippen molar-refractivity contribution in [2.24, 2.45) is 0 Å². The third kappa shape index (κ3) is 5.01. The van der Waals surface area contributed by atoms with E-state index in [0.717, 1.165) is 5.56 Å². The molecule has 0 saturated heterocycles. The van der Waals surface area contributed by atoms with E-state index in [2.05, 4.69) is 10.6 Å². The number of rotatable bonds is 6. The van der Waals surface area contributed by atoms with Crippen molar-refractivity contribution >= 4 is 28.9 Å². The Labute approximate surface area is 161 Å². The third-order valence-corrected chi connectivity index (χ3v) is 3.97. The van der Waals surface area contributed by atoms with Crippen molar-refractivity contribution < 1.29 is 14.5 Å². The molecule has 0 heterocycles. The Morgan fingerprint density at radius 1 is 0.786 bits per heavy atom. The number of hydrogen-bond acceptors (Lipinski definition) is 4. The van der Waals surface area contributed by atoms with E-state index in [-0.39, 0.29) is 23.9 Å². The van der Waals surface area contributed by atoms with Gasteiger partial charge in [-0.3, -0.25) is 19.7 Å². The second-order valence-corrected chi connectivity index (χ2v) is 6.05. The quantitative estimate of drug-likeness (QED) is 0.502. The number of benzene rings is 3. The van der Waals surface area contributed by atoms with Crippen LogP contribution in [0, 0.1) is 10.1 Å². The van der Waals surface area contributed by atoms with Crippen LogP contribution in [0.5, 0.6) is 0 Å². The van der Waals surface area contributed by atoms with E-state index in [1.165, 1.54) is 24.3 Å². The van der Waals surface area contributed by atoms with Gasteiger partial charge in [0.05, 0.1) is 11.3 Å². The van der Waals surface area contributed by atoms with Crippen LogP contribution >= 0.6 is 0 Å². The summed E-state index contributed by atoms with van der Waals surface area (Å²) >= 11 is 0. The second kappa shape index (κ2) is 8.59. The number of nitrogens with zero attached hydrogens (tertiary/aromatic N) is 1. The maximum absolute atomic E-state index is 12.2. The van der Waals surface area contributed by atoms with Gasteiger partial charge in [-0.25, -0.2) is 0 Å². The minimum Gasteiger partial charge on any atom is -0.326 e. The molecule has 140 valence electrons. The van der Waals surface area contributed by atoms with Gasteiger partial charge in [0.2, 0.25) is 5.91 Å². The van der Waals surface area contributed by atoms with Crippen LogP contribution < -0.4 is 10.6 Å². The molecule has 7 heteroatoms. The molecule has 28 heavy (non-hydrogen) atoms. The van der Waals surface area contributed by atoms with Gasteiger partial charge >= 0.3 is 0 Å². The Morgan fingerprint density at radius 2 is 1.36 bits per heavy atom. The van der Waals surface area contributed by atoms with Gasteiger partial charge in [-0.1, -0.05) is 30.3 Å². The molecule has 0 unspecified atom stereocenters. The molecule has 0 atom stereocenters. The lowest BCUT2D eigenvalue weighted by atomic mass is 10.1. The standard InChI is InChI=1S/C21H17N3O4/c25-20(14-15-4-2-1-3-5-15)22-17-8-10-18(11-9-17)23-21(26)16-6-12-19(13-7-16)24(27)28/h1-13H,14H2,(H,22,25)(H,23,26). The minimum atomic E-state index is -0.521. The highest BCUT2D eigenvalue weighted by molar-refractivity contribution is 6.04. The van der Waals surface area contributed by atoms with Crippen molar-refractivity contribution in [3.05, 3.63) is 100 Å². The fourth-order valence-electron chi connectivity index (χ4n) is 2.56. The van der Waals surface area contributed by atoms with Crippen LogP contribution in [0.25, 0.3) is 0 Å². The molecule has 0 aliphatic carbocycles. The first-order chi connectivity index (χ1) is 13.5. The zero-order chi connectivity index (χ0) is 19.9. The number of amides is 2. The van der Waals surface area contributed by atoms with Crippen molar-refractivity contribution in [1.82, 2.24) is 0 Å². The monoisotopic (exact) mass is 375 g/mol. The summed E-state index contributed by atoms with van der Waals surface area (Å²) in [6.45, 7) is 0. The number of non-ortho nitro benzene ring substituents is 1. The van der Waals surface area contributed by atoms with Crippen molar-refractivity contribution in [1.29, 1.82) is 0 Å². The van der Waals surface area contributed by atoms with Crippen molar-refractivity contribution in [2.75, 3.05) is 10.6 Å². The summed E-state index contributed by atoms with van der Waals surface area (Å²) in [6.07, 6.45) is 0.277. The molecular weight excluding hydrogens is 358 g/mol. The van der Waals surface area contributed by atoms with Crippen molar-refractivity contribution in [3.63, 3.8) is 0 Å². The van der Waals surface area contributed by atoms with Gasteiger partial charge in [0.25, 0.3) is 11.6 Å². The number of hydrogen-bond donors (Lipinski definition) is 2. The second-order valence-electron chi connectivity index (χ2n) is 6.05. The number of nitrogens with one attached hydrogen (secondary N) is 2. The summed E-state index contributed by atoms with van der Waals surface area (Å²) in [4.78, 5) is 34.4.